The Morgan fingerprint density at radius 3 is 2.94 bits per heavy atom. The van der Waals surface area contributed by atoms with Gasteiger partial charge in [0.25, 0.3) is 0 Å². The van der Waals surface area contributed by atoms with Gasteiger partial charge in [0.15, 0.2) is 0 Å². The van der Waals surface area contributed by atoms with Crippen molar-refractivity contribution >= 4 is 0 Å². The highest BCUT2D eigenvalue weighted by molar-refractivity contribution is 5.32. The topological polar surface area (TPSA) is 45.4 Å². The maximum atomic E-state index is 13.0. The Morgan fingerprint density at radius 2 is 2.24 bits per heavy atom. The highest BCUT2D eigenvalue weighted by Gasteiger charge is 2.09. The number of aromatic hydroxyl groups is 1. The van der Waals surface area contributed by atoms with Gasteiger partial charge in [0.05, 0.1) is 12.3 Å². The molecule has 2 rings (SSSR count). The van der Waals surface area contributed by atoms with Gasteiger partial charge in [-0.2, -0.15) is 0 Å². The van der Waals surface area contributed by atoms with Crippen LogP contribution in [-0.2, 0) is 6.54 Å². The summed E-state index contributed by atoms with van der Waals surface area (Å²) in [7, 11) is 0. The highest BCUT2D eigenvalue weighted by Crippen LogP contribution is 2.19. The molecule has 2 aromatic rings. The molecular formula is C13H14FNO2. The number of hydrogen-bond donors (Lipinski definition) is 2. The number of rotatable bonds is 4. The third-order valence-electron chi connectivity index (χ3n) is 2.61. The van der Waals surface area contributed by atoms with E-state index in [0.29, 0.717) is 12.1 Å². The summed E-state index contributed by atoms with van der Waals surface area (Å²) in [6.07, 6.45) is 1.60. The van der Waals surface area contributed by atoms with Gasteiger partial charge in [-0.3, -0.25) is 0 Å². The lowest BCUT2D eigenvalue weighted by molar-refractivity contribution is 0.421. The number of benzene rings is 1. The van der Waals surface area contributed by atoms with Crippen molar-refractivity contribution in [1.82, 2.24) is 5.32 Å². The van der Waals surface area contributed by atoms with Crippen LogP contribution in [0, 0.1) is 5.82 Å². The fraction of sp³-hybridized carbons (Fsp3) is 0.231. The largest absolute Gasteiger partial charge is 0.508 e. The molecule has 17 heavy (non-hydrogen) atoms. The molecule has 0 aliphatic heterocycles. The van der Waals surface area contributed by atoms with Gasteiger partial charge in [-0.15, -0.1) is 0 Å². The van der Waals surface area contributed by atoms with Crippen molar-refractivity contribution in [3.8, 4) is 5.75 Å². The van der Waals surface area contributed by atoms with E-state index in [1.54, 1.807) is 6.26 Å². The van der Waals surface area contributed by atoms with Crippen LogP contribution in [0.3, 0.4) is 0 Å². The minimum absolute atomic E-state index is 0.00710. The van der Waals surface area contributed by atoms with E-state index in [4.69, 9.17) is 4.42 Å². The minimum atomic E-state index is -0.356. The Morgan fingerprint density at radius 1 is 1.41 bits per heavy atom. The van der Waals surface area contributed by atoms with Gasteiger partial charge in [-0.1, -0.05) is 0 Å². The zero-order valence-corrected chi connectivity index (χ0v) is 9.48. The molecule has 0 saturated heterocycles. The van der Waals surface area contributed by atoms with Crippen molar-refractivity contribution in [3.05, 3.63) is 53.7 Å². The van der Waals surface area contributed by atoms with Gasteiger partial charge in [-0.05, 0) is 37.3 Å². The molecule has 3 nitrogen and oxygen atoms in total. The van der Waals surface area contributed by atoms with Crippen LogP contribution in [0.5, 0.6) is 5.75 Å². The number of nitrogens with one attached hydrogen (secondary N) is 1. The van der Waals surface area contributed by atoms with Crippen LogP contribution in [0.4, 0.5) is 4.39 Å². The summed E-state index contributed by atoms with van der Waals surface area (Å²) in [5.41, 5.74) is 0.531. The normalized spacial score (nSPS) is 12.6. The van der Waals surface area contributed by atoms with Gasteiger partial charge >= 0.3 is 0 Å². The zero-order chi connectivity index (χ0) is 12.3. The van der Waals surface area contributed by atoms with Crippen molar-refractivity contribution in [2.75, 3.05) is 0 Å². The second-order valence-electron chi connectivity index (χ2n) is 3.89. The van der Waals surface area contributed by atoms with Crippen LogP contribution in [0.1, 0.15) is 24.3 Å². The molecule has 0 aliphatic carbocycles. The summed E-state index contributed by atoms with van der Waals surface area (Å²) in [6.45, 7) is 2.32. The van der Waals surface area contributed by atoms with Crippen molar-refractivity contribution in [3.63, 3.8) is 0 Å². The van der Waals surface area contributed by atoms with Crippen LogP contribution in [0.25, 0.3) is 0 Å². The number of furan rings is 1. The highest BCUT2D eigenvalue weighted by atomic mass is 19.1. The first kappa shape index (κ1) is 11.7. The van der Waals surface area contributed by atoms with E-state index in [1.165, 1.54) is 18.2 Å². The molecule has 2 N–H and O–H groups in total. The van der Waals surface area contributed by atoms with Crippen molar-refractivity contribution < 1.29 is 13.9 Å². The third kappa shape index (κ3) is 2.85. The number of hydrogen-bond acceptors (Lipinski definition) is 3. The van der Waals surface area contributed by atoms with Crippen molar-refractivity contribution in [2.45, 2.75) is 19.5 Å². The van der Waals surface area contributed by atoms with Crippen LogP contribution in [0.15, 0.2) is 41.0 Å². The Labute approximate surface area is 98.9 Å². The fourth-order valence-corrected chi connectivity index (χ4v) is 1.60. The zero-order valence-electron chi connectivity index (χ0n) is 9.48. The number of phenols is 1. The van der Waals surface area contributed by atoms with E-state index in [9.17, 15) is 9.50 Å². The number of phenolic OH excluding ortho intramolecular Hbond substituents is 1. The van der Waals surface area contributed by atoms with E-state index < -0.39 is 0 Å². The summed E-state index contributed by atoms with van der Waals surface area (Å²) < 4.78 is 18.2. The Kier molecular flexibility index (Phi) is 3.44. The first-order valence-electron chi connectivity index (χ1n) is 5.41. The van der Waals surface area contributed by atoms with Gasteiger partial charge in [0.2, 0.25) is 0 Å². The van der Waals surface area contributed by atoms with Gasteiger partial charge in [0.1, 0.15) is 17.3 Å². The molecule has 0 amide bonds. The van der Waals surface area contributed by atoms with Crippen LogP contribution in [-0.4, -0.2) is 5.11 Å². The first-order valence-corrected chi connectivity index (χ1v) is 5.41. The first-order chi connectivity index (χ1) is 8.16. The quantitative estimate of drug-likeness (QED) is 0.856. The second-order valence-corrected chi connectivity index (χ2v) is 3.89. The van der Waals surface area contributed by atoms with Crippen LogP contribution < -0.4 is 5.32 Å². The lowest BCUT2D eigenvalue weighted by atomic mass is 10.1. The van der Waals surface area contributed by atoms with Crippen molar-refractivity contribution in [2.24, 2.45) is 0 Å². The Hall–Kier alpha value is -1.81. The molecule has 0 saturated carbocycles. The predicted molar refractivity (Wildman–Crippen MR) is 62.0 cm³/mol. The maximum Gasteiger partial charge on any atom is 0.123 e. The molecule has 0 radical (unpaired) electrons. The van der Waals surface area contributed by atoms with Crippen LogP contribution >= 0.6 is 0 Å². The smallest absolute Gasteiger partial charge is 0.123 e. The lowest BCUT2D eigenvalue weighted by Gasteiger charge is -2.12. The van der Waals surface area contributed by atoms with Crippen molar-refractivity contribution in [1.29, 1.82) is 0 Å². The minimum Gasteiger partial charge on any atom is -0.508 e. The van der Waals surface area contributed by atoms with E-state index in [0.717, 1.165) is 5.76 Å². The monoisotopic (exact) mass is 235 g/mol. The lowest BCUT2D eigenvalue weighted by Crippen LogP contribution is -2.17. The molecule has 0 fully saturated rings. The molecule has 0 bridgehead atoms. The van der Waals surface area contributed by atoms with Gasteiger partial charge in [0, 0.05) is 12.1 Å². The van der Waals surface area contributed by atoms with E-state index >= 15 is 0 Å². The molecular weight excluding hydrogens is 221 g/mol. The Bertz CT molecular complexity index is 482. The fourth-order valence-electron chi connectivity index (χ4n) is 1.60. The molecule has 0 aliphatic rings. The number of halogens is 1. The molecule has 1 heterocycles. The molecule has 90 valence electrons. The average Bonchev–Trinajstić information content (AvgIpc) is 2.83. The molecule has 0 unspecified atom stereocenters. The maximum absolute atomic E-state index is 13.0. The van der Waals surface area contributed by atoms with E-state index in [-0.39, 0.29) is 17.6 Å². The Balaban J connectivity index is 2.00. The summed E-state index contributed by atoms with van der Waals surface area (Å²) in [5, 5.41) is 12.7. The van der Waals surface area contributed by atoms with Gasteiger partial charge in [-0.25, -0.2) is 4.39 Å². The molecule has 1 aromatic carbocycles. The van der Waals surface area contributed by atoms with E-state index in [1.807, 2.05) is 19.1 Å². The molecule has 4 heteroatoms. The molecule has 1 atom stereocenters. The van der Waals surface area contributed by atoms with E-state index in [2.05, 4.69) is 5.32 Å². The molecule has 1 aromatic heterocycles. The van der Waals surface area contributed by atoms with Gasteiger partial charge < -0.3 is 14.8 Å². The SMILES string of the molecule is C[C@@H](NCc1cc(F)ccc1O)c1ccco1. The summed E-state index contributed by atoms with van der Waals surface area (Å²) >= 11 is 0. The summed E-state index contributed by atoms with van der Waals surface area (Å²) in [4.78, 5) is 0. The predicted octanol–water partition coefficient (Wildman–Crippen LogP) is 2.98. The summed E-state index contributed by atoms with van der Waals surface area (Å²) in [5.74, 6) is 0.539. The second kappa shape index (κ2) is 5.01. The van der Waals surface area contributed by atoms with Crippen LogP contribution in [0.2, 0.25) is 0 Å². The third-order valence-corrected chi connectivity index (χ3v) is 2.61. The molecule has 0 spiro atoms. The summed E-state index contributed by atoms with van der Waals surface area (Å²) in [6, 6.07) is 7.58. The average molecular weight is 235 g/mol. The standard InChI is InChI=1S/C13H14FNO2/c1-9(13-3-2-6-17-13)15-8-10-7-11(14)4-5-12(10)16/h2-7,9,15-16H,8H2,1H3/t9-/m1/s1.